The highest BCUT2D eigenvalue weighted by Crippen LogP contribution is 2.36. The number of hydrogen-bond donors (Lipinski definition) is 0. The second-order valence-corrected chi connectivity index (χ2v) is 7.92. The Bertz CT molecular complexity index is 865. The SMILES string of the molecule is C[C@H]1CC(=O)[C@H](CC(=O)OCC(=O)c2ccc(N3CCCC3=O)cc2)[C@@H]1C[N+](=O)[O-]. The molecule has 0 spiro atoms. The van der Waals surface area contributed by atoms with Gasteiger partial charge in [0.25, 0.3) is 0 Å². The molecule has 0 aromatic heterocycles. The Labute approximate surface area is 173 Å². The maximum atomic E-state index is 12.3. The summed E-state index contributed by atoms with van der Waals surface area (Å²) >= 11 is 0. The van der Waals surface area contributed by atoms with Crippen molar-refractivity contribution in [2.75, 3.05) is 24.6 Å². The first-order valence-electron chi connectivity index (χ1n) is 10.00. The molecule has 1 heterocycles. The Balaban J connectivity index is 1.52. The molecule has 3 atom stereocenters. The van der Waals surface area contributed by atoms with Gasteiger partial charge in [-0.05, 0) is 36.6 Å². The van der Waals surface area contributed by atoms with E-state index in [1.54, 1.807) is 36.1 Å². The molecular weight excluding hydrogens is 392 g/mol. The normalized spacial score (nSPS) is 23.6. The van der Waals surface area contributed by atoms with E-state index in [0.717, 1.165) is 12.1 Å². The Morgan fingerprint density at radius 1 is 1.23 bits per heavy atom. The zero-order valence-electron chi connectivity index (χ0n) is 16.7. The summed E-state index contributed by atoms with van der Waals surface area (Å²) in [4.78, 5) is 60.4. The smallest absolute Gasteiger partial charge is 0.306 e. The number of ketones is 2. The van der Waals surface area contributed by atoms with Gasteiger partial charge in [0.15, 0.2) is 12.4 Å². The minimum Gasteiger partial charge on any atom is -0.457 e. The summed E-state index contributed by atoms with van der Waals surface area (Å²) in [6, 6.07) is 6.51. The zero-order chi connectivity index (χ0) is 21.8. The number of Topliss-reactive ketones (excluding diaryl/α,β-unsaturated/α-hetero) is 2. The van der Waals surface area contributed by atoms with Crippen LogP contribution in [0, 0.1) is 27.9 Å². The Morgan fingerprint density at radius 2 is 1.93 bits per heavy atom. The van der Waals surface area contributed by atoms with E-state index in [1.165, 1.54) is 0 Å². The molecule has 0 radical (unpaired) electrons. The number of nitrogens with zero attached hydrogens (tertiary/aromatic N) is 2. The molecule has 3 rings (SSSR count). The topological polar surface area (TPSA) is 124 Å². The van der Waals surface area contributed by atoms with Gasteiger partial charge in [-0.1, -0.05) is 6.92 Å². The minimum absolute atomic E-state index is 0.0502. The number of rotatable bonds is 8. The molecule has 2 aliphatic rings. The number of hydrogen-bond acceptors (Lipinski definition) is 7. The lowest BCUT2D eigenvalue weighted by Gasteiger charge is -2.17. The predicted molar refractivity (Wildman–Crippen MR) is 106 cm³/mol. The monoisotopic (exact) mass is 416 g/mol. The van der Waals surface area contributed by atoms with Gasteiger partial charge < -0.3 is 9.64 Å². The highest BCUT2D eigenvalue weighted by molar-refractivity contribution is 5.99. The average Bonchev–Trinajstić information content (AvgIpc) is 3.24. The van der Waals surface area contributed by atoms with E-state index in [-0.39, 0.29) is 37.0 Å². The van der Waals surface area contributed by atoms with E-state index in [4.69, 9.17) is 4.74 Å². The van der Waals surface area contributed by atoms with Crippen molar-refractivity contribution in [3.8, 4) is 0 Å². The summed E-state index contributed by atoms with van der Waals surface area (Å²) in [6.07, 6.45) is 1.27. The summed E-state index contributed by atoms with van der Waals surface area (Å²) in [5.41, 5.74) is 1.06. The molecule has 1 saturated carbocycles. The molecule has 1 aromatic carbocycles. The van der Waals surface area contributed by atoms with E-state index in [9.17, 15) is 29.3 Å². The van der Waals surface area contributed by atoms with Crippen LogP contribution in [0.2, 0.25) is 0 Å². The number of amides is 1. The van der Waals surface area contributed by atoms with Crippen LogP contribution in [0.1, 0.15) is 43.0 Å². The van der Waals surface area contributed by atoms with Gasteiger partial charge in [-0.2, -0.15) is 0 Å². The fourth-order valence-corrected chi connectivity index (χ4v) is 4.22. The highest BCUT2D eigenvalue weighted by atomic mass is 16.6. The van der Waals surface area contributed by atoms with Gasteiger partial charge in [-0.3, -0.25) is 29.3 Å². The fourth-order valence-electron chi connectivity index (χ4n) is 4.22. The molecule has 1 aliphatic carbocycles. The largest absolute Gasteiger partial charge is 0.457 e. The maximum absolute atomic E-state index is 12.3. The number of carbonyl (C=O) groups is 4. The van der Waals surface area contributed by atoms with Crippen LogP contribution in [0.5, 0.6) is 0 Å². The van der Waals surface area contributed by atoms with Crippen LogP contribution in [0.25, 0.3) is 0 Å². The van der Waals surface area contributed by atoms with Gasteiger partial charge in [0.1, 0.15) is 5.78 Å². The Hall–Kier alpha value is -3.10. The van der Waals surface area contributed by atoms with Gasteiger partial charge in [0.05, 0.1) is 6.42 Å². The van der Waals surface area contributed by atoms with Gasteiger partial charge >= 0.3 is 5.97 Å². The van der Waals surface area contributed by atoms with Gasteiger partial charge in [-0.15, -0.1) is 0 Å². The first-order valence-corrected chi connectivity index (χ1v) is 10.00. The molecule has 9 heteroatoms. The molecule has 1 amide bonds. The third-order valence-electron chi connectivity index (χ3n) is 5.87. The summed E-state index contributed by atoms with van der Waals surface area (Å²) in [7, 11) is 0. The molecule has 160 valence electrons. The van der Waals surface area contributed by atoms with E-state index in [0.29, 0.717) is 18.5 Å². The fraction of sp³-hybridized carbons (Fsp3) is 0.524. The first kappa shape index (κ1) is 21.6. The molecule has 0 N–H and O–H groups in total. The van der Waals surface area contributed by atoms with Crippen LogP contribution in [0.3, 0.4) is 0 Å². The lowest BCUT2D eigenvalue weighted by atomic mass is 9.88. The highest BCUT2D eigenvalue weighted by Gasteiger charge is 2.44. The van der Waals surface area contributed by atoms with E-state index >= 15 is 0 Å². The van der Waals surface area contributed by atoms with E-state index in [1.807, 2.05) is 0 Å². The number of ether oxygens (including phenoxy) is 1. The van der Waals surface area contributed by atoms with Gasteiger partial charge in [0.2, 0.25) is 12.5 Å². The molecule has 0 unspecified atom stereocenters. The molecule has 2 fully saturated rings. The molecule has 1 saturated heterocycles. The van der Waals surface area contributed by atoms with Crippen LogP contribution in [0.4, 0.5) is 5.69 Å². The van der Waals surface area contributed by atoms with Crippen molar-refractivity contribution in [2.45, 2.75) is 32.6 Å². The summed E-state index contributed by atoms with van der Waals surface area (Å²) < 4.78 is 5.03. The van der Waals surface area contributed by atoms with Crippen LogP contribution in [-0.2, 0) is 19.1 Å². The molecule has 0 bridgehead atoms. The van der Waals surface area contributed by atoms with Crippen LogP contribution >= 0.6 is 0 Å². The molecule has 30 heavy (non-hydrogen) atoms. The first-order chi connectivity index (χ1) is 14.3. The van der Waals surface area contributed by atoms with Crippen molar-refractivity contribution in [3.05, 3.63) is 39.9 Å². The average molecular weight is 416 g/mol. The second kappa shape index (κ2) is 9.15. The van der Waals surface area contributed by atoms with Crippen molar-refractivity contribution in [1.29, 1.82) is 0 Å². The van der Waals surface area contributed by atoms with Crippen LogP contribution in [-0.4, -0.2) is 48.1 Å². The third-order valence-corrected chi connectivity index (χ3v) is 5.87. The Morgan fingerprint density at radius 3 is 2.53 bits per heavy atom. The minimum atomic E-state index is -0.745. The quantitative estimate of drug-likeness (QED) is 0.275. The lowest BCUT2D eigenvalue weighted by Crippen LogP contribution is -2.28. The van der Waals surface area contributed by atoms with Crippen molar-refractivity contribution in [2.24, 2.45) is 17.8 Å². The number of anilines is 1. The summed E-state index contributed by atoms with van der Waals surface area (Å²) in [5, 5.41) is 10.8. The third kappa shape index (κ3) is 4.90. The predicted octanol–water partition coefficient (Wildman–Crippen LogP) is 2.05. The molecule has 1 aromatic rings. The van der Waals surface area contributed by atoms with Crippen molar-refractivity contribution in [1.82, 2.24) is 0 Å². The van der Waals surface area contributed by atoms with Crippen molar-refractivity contribution < 1.29 is 28.8 Å². The Kier molecular flexibility index (Phi) is 6.59. The maximum Gasteiger partial charge on any atom is 0.306 e. The standard InChI is InChI=1S/C21H24N2O7/c1-13-9-18(24)16(17(13)11-23(28)29)10-21(27)30-12-19(25)14-4-6-15(7-5-14)22-8-2-3-20(22)26/h4-7,13,16-17H,2-3,8-12H2,1H3/t13-,16+,17+/m0/s1. The summed E-state index contributed by atoms with van der Waals surface area (Å²) in [6.45, 7) is 1.58. The molecular formula is C21H24N2O7. The van der Waals surface area contributed by atoms with Gasteiger partial charge in [-0.25, -0.2) is 0 Å². The summed E-state index contributed by atoms with van der Waals surface area (Å²) in [5.74, 6) is -2.66. The number of nitro groups is 1. The zero-order valence-corrected chi connectivity index (χ0v) is 16.7. The second-order valence-electron chi connectivity index (χ2n) is 7.92. The number of esters is 1. The lowest BCUT2D eigenvalue weighted by molar-refractivity contribution is -0.490. The number of carbonyl (C=O) groups excluding carboxylic acids is 4. The van der Waals surface area contributed by atoms with Crippen LogP contribution < -0.4 is 4.90 Å². The van der Waals surface area contributed by atoms with E-state index in [2.05, 4.69) is 0 Å². The van der Waals surface area contributed by atoms with Crippen molar-refractivity contribution >= 4 is 29.1 Å². The number of benzene rings is 1. The molecule has 1 aliphatic heterocycles. The van der Waals surface area contributed by atoms with Crippen LogP contribution in [0.15, 0.2) is 24.3 Å². The van der Waals surface area contributed by atoms with E-state index < -0.39 is 35.1 Å². The van der Waals surface area contributed by atoms with Gasteiger partial charge in [0, 0.05) is 47.4 Å². The molecule has 9 nitrogen and oxygen atoms in total. The van der Waals surface area contributed by atoms with Crippen molar-refractivity contribution in [3.63, 3.8) is 0 Å².